The molecular formula is C20H28N2O3. The Labute approximate surface area is 150 Å². The number of likely N-dealkylation sites (N-methyl/N-ethyl adjacent to an activating group) is 1. The van der Waals surface area contributed by atoms with Crippen molar-refractivity contribution in [3.63, 3.8) is 0 Å². The zero-order valence-electron chi connectivity index (χ0n) is 15.5. The molecule has 1 aromatic carbocycles. The molecule has 1 heterocycles. The second kappa shape index (κ2) is 8.70. The Kier molecular flexibility index (Phi) is 6.62. The number of amides is 2. The lowest BCUT2D eigenvalue weighted by molar-refractivity contribution is -0.139. The van der Waals surface area contributed by atoms with Crippen molar-refractivity contribution in [2.24, 2.45) is 0 Å². The quantitative estimate of drug-likeness (QED) is 0.746. The first-order valence-electron chi connectivity index (χ1n) is 8.87. The summed E-state index contributed by atoms with van der Waals surface area (Å²) in [6.07, 6.45) is 2.99. The van der Waals surface area contributed by atoms with Crippen molar-refractivity contribution in [1.29, 1.82) is 0 Å². The minimum absolute atomic E-state index is 0.0118. The molecule has 0 radical (unpaired) electrons. The van der Waals surface area contributed by atoms with Crippen LogP contribution in [0.2, 0.25) is 0 Å². The Morgan fingerprint density at radius 1 is 1.32 bits per heavy atom. The van der Waals surface area contributed by atoms with E-state index in [4.69, 9.17) is 4.74 Å². The van der Waals surface area contributed by atoms with Gasteiger partial charge in [-0.3, -0.25) is 9.59 Å². The maximum Gasteiger partial charge on any atom is 0.246 e. The number of nitrogens with zero attached hydrogens (tertiary/aromatic N) is 2. The van der Waals surface area contributed by atoms with Crippen LogP contribution in [-0.4, -0.2) is 53.9 Å². The second-order valence-corrected chi connectivity index (χ2v) is 6.52. The summed E-state index contributed by atoms with van der Waals surface area (Å²) in [6.45, 7) is 11.4. The van der Waals surface area contributed by atoms with Gasteiger partial charge in [-0.05, 0) is 44.0 Å². The number of ether oxygens (including phenoxy) is 1. The van der Waals surface area contributed by atoms with Gasteiger partial charge in [-0.25, -0.2) is 0 Å². The van der Waals surface area contributed by atoms with Crippen LogP contribution in [0.5, 0.6) is 5.75 Å². The van der Waals surface area contributed by atoms with E-state index in [0.717, 1.165) is 24.2 Å². The van der Waals surface area contributed by atoms with Crippen LogP contribution in [0.4, 0.5) is 0 Å². The van der Waals surface area contributed by atoms with Crippen molar-refractivity contribution in [2.75, 3.05) is 26.2 Å². The first kappa shape index (κ1) is 19.0. The van der Waals surface area contributed by atoms with E-state index in [9.17, 15) is 9.59 Å². The van der Waals surface area contributed by atoms with E-state index in [1.165, 1.54) is 16.5 Å². The van der Waals surface area contributed by atoms with Crippen molar-refractivity contribution < 1.29 is 14.3 Å². The molecule has 0 spiro atoms. The van der Waals surface area contributed by atoms with E-state index in [-0.39, 0.29) is 24.5 Å². The van der Waals surface area contributed by atoms with Gasteiger partial charge < -0.3 is 14.5 Å². The van der Waals surface area contributed by atoms with Crippen LogP contribution in [0.25, 0.3) is 0 Å². The maximum atomic E-state index is 12.4. The number of aryl methyl sites for hydroxylation is 2. The molecule has 0 aromatic heterocycles. The van der Waals surface area contributed by atoms with E-state index in [0.29, 0.717) is 19.6 Å². The summed E-state index contributed by atoms with van der Waals surface area (Å²) in [5, 5.41) is 0. The number of likely N-dealkylation sites (tertiary alicyclic amines) is 1. The zero-order valence-corrected chi connectivity index (χ0v) is 15.5. The van der Waals surface area contributed by atoms with Crippen molar-refractivity contribution in [3.05, 3.63) is 42.0 Å². The van der Waals surface area contributed by atoms with Gasteiger partial charge in [0.2, 0.25) is 11.8 Å². The van der Waals surface area contributed by atoms with E-state index >= 15 is 0 Å². The smallest absolute Gasteiger partial charge is 0.246 e. The van der Waals surface area contributed by atoms with Crippen LogP contribution in [-0.2, 0) is 9.59 Å². The molecule has 1 fully saturated rings. The third kappa shape index (κ3) is 5.08. The molecule has 1 aliphatic rings. The van der Waals surface area contributed by atoms with Gasteiger partial charge in [-0.15, -0.1) is 0 Å². The van der Waals surface area contributed by atoms with Crippen LogP contribution >= 0.6 is 0 Å². The zero-order chi connectivity index (χ0) is 18.4. The number of benzene rings is 1. The Hall–Kier alpha value is -2.30. The predicted octanol–water partition coefficient (Wildman–Crippen LogP) is 2.71. The molecule has 1 aromatic rings. The van der Waals surface area contributed by atoms with E-state index in [2.05, 4.69) is 31.7 Å². The van der Waals surface area contributed by atoms with Crippen molar-refractivity contribution in [1.82, 2.24) is 9.80 Å². The highest BCUT2D eigenvalue weighted by Crippen LogP contribution is 2.24. The van der Waals surface area contributed by atoms with Gasteiger partial charge in [-0.1, -0.05) is 18.7 Å². The highest BCUT2D eigenvalue weighted by Gasteiger charge is 2.25. The van der Waals surface area contributed by atoms with Crippen LogP contribution in [0.15, 0.2) is 30.9 Å². The van der Waals surface area contributed by atoms with Crippen LogP contribution in [0.1, 0.15) is 30.9 Å². The molecule has 0 atom stereocenters. The number of hydrogen-bond donors (Lipinski definition) is 0. The molecular weight excluding hydrogens is 316 g/mol. The number of carbonyl (C=O) groups is 2. The molecule has 2 amide bonds. The molecule has 0 aliphatic carbocycles. The molecule has 0 N–H and O–H groups in total. The normalized spacial score (nSPS) is 14.9. The molecule has 2 rings (SSSR count). The number of hydrogen-bond acceptors (Lipinski definition) is 3. The van der Waals surface area contributed by atoms with E-state index < -0.39 is 0 Å². The number of carbonyl (C=O) groups excluding carboxylic acids is 2. The third-order valence-electron chi connectivity index (χ3n) is 4.63. The molecule has 5 nitrogen and oxygen atoms in total. The first-order chi connectivity index (χ1) is 11.9. The highest BCUT2D eigenvalue weighted by atomic mass is 16.5. The lowest BCUT2D eigenvalue weighted by atomic mass is 10.1. The maximum absolute atomic E-state index is 12.4. The van der Waals surface area contributed by atoms with Gasteiger partial charge in [0, 0.05) is 32.5 Å². The minimum atomic E-state index is -0.205. The highest BCUT2D eigenvalue weighted by molar-refractivity contribution is 5.90. The van der Waals surface area contributed by atoms with Crippen LogP contribution in [0.3, 0.4) is 0 Å². The minimum Gasteiger partial charge on any atom is -0.490 e. The Bertz CT molecular complexity index is 634. The third-order valence-corrected chi connectivity index (χ3v) is 4.63. The SMILES string of the molecule is C=CC(=O)N(CC)CC(=O)N1CCC(Oc2cc(C)ccc2C)CC1. The van der Waals surface area contributed by atoms with Gasteiger partial charge in [0.05, 0.1) is 6.54 Å². The van der Waals surface area contributed by atoms with Crippen molar-refractivity contribution in [3.8, 4) is 5.75 Å². The lowest BCUT2D eigenvalue weighted by Crippen LogP contribution is -2.47. The average Bonchev–Trinajstić information content (AvgIpc) is 2.62. The van der Waals surface area contributed by atoms with Gasteiger partial charge >= 0.3 is 0 Å². The monoisotopic (exact) mass is 344 g/mol. The molecule has 1 aliphatic heterocycles. The molecule has 25 heavy (non-hydrogen) atoms. The fourth-order valence-corrected chi connectivity index (χ4v) is 2.97. The van der Waals surface area contributed by atoms with Gasteiger partial charge in [0.1, 0.15) is 11.9 Å². The van der Waals surface area contributed by atoms with Crippen molar-refractivity contribution in [2.45, 2.75) is 39.7 Å². The summed E-state index contributed by atoms with van der Waals surface area (Å²) in [4.78, 5) is 27.4. The molecule has 0 unspecified atom stereocenters. The molecule has 136 valence electrons. The van der Waals surface area contributed by atoms with E-state index in [1.807, 2.05) is 18.7 Å². The average molecular weight is 344 g/mol. The summed E-state index contributed by atoms with van der Waals surface area (Å²) < 4.78 is 6.14. The summed E-state index contributed by atoms with van der Waals surface area (Å²) in [5.41, 5.74) is 2.31. The molecule has 0 saturated carbocycles. The predicted molar refractivity (Wildman–Crippen MR) is 98.6 cm³/mol. The summed E-state index contributed by atoms with van der Waals surface area (Å²) >= 11 is 0. The fourth-order valence-electron chi connectivity index (χ4n) is 2.97. The summed E-state index contributed by atoms with van der Waals surface area (Å²) in [6, 6.07) is 6.21. The second-order valence-electron chi connectivity index (χ2n) is 6.52. The molecule has 1 saturated heterocycles. The Balaban J connectivity index is 1.86. The Morgan fingerprint density at radius 3 is 2.60 bits per heavy atom. The van der Waals surface area contributed by atoms with Gasteiger partial charge in [-0.2, -0.15) is 0 Å². The molecule has 5 heteroatoms. The number of rotatable bonds is 6. The first-order valence-corrected chi connectivity index (χ1v) is 8.87. The fraction of sp³-hybridized carbons (Fsp3) is 0.500. The largest absolute Gasteiger partial charge is 0.490 e. The lowest BCUT2D eigenvalue weighted by Gasteiger charge is -2.33. The van der Waals surface area contributed by atoms with Crippen LogP contribution in [0, 0.1) is 13.8 Å². The van der Waals surface area contributed by atoms with Gasteiger partial charge in [0.15, 0.2) is 0 Å². The van der Waals surface area contributed by atoms with Crippen LogP contribution < -0.4 is 4.74 Å². The topological polar surface area (TPSA) is 49.9 Å². The number of piperidine rings is 1. The molecule has 0 bridgehead atoms. The standard InChI is InChI=1S/C20H28N2O3/c1-5-19(23)21(6-2)14-20(24)22-11-9-17(10-12-22)25-18-13-15(3)7-8-16(18)4/h5,7-8,13,17H,1,6,9-12,14H2,2-4H3. The van der Waals surface area contributed by atoms with Gasteiger partial charge in [0.25, 0.3) is 0 Å². The summed E-state index contributed by atoms with van der Waals surface area (Å²) in [7, 11) is 0. The Morgan fingerprint density at radius 2 is 2.00 bits per heavy atom. The van der Waals surface area contributed by atoms with Crippen molar-refractivity contribution >= 4 is 11.8 Å². The van der Waals surface area contributed by atoms with E-state index in [1.54, 1.807) is 0 Å². The summed E-state index contributed by atoms with van der Waals surface area (Å²) in [5.74, 6) is 0.713.